The van der Waals surface area contributed by atoms with Crippen LogP contribution in [0.1, 0.15) is 71.8 Å². The average Bonchev–Trinajstić information content (AvgIpc) is 2.75. The highest BCUT2D eigenvalue weighted by Gasteiger charge is 2.51. The number of amides is 2. The van der Waals surface area contributed by atoms with E-state index >= 15 is 0 Å². The van der Waals surface area contributed by atoms with E-state index in [0.717, 1.165) is 23.5 Å². The Morgan fingerprint density at radius 3 is 2.09 bits per heavy atom. The van der Waals surface area contributed by atoms with Crippen LogP contribution < -0.4 is 4.74 Å². The Morgan fingerprint density at radius 2 is 1.56 bits per heavy atom. The van der Waals surface area contributed by atoms with Crippen LogP contribution in [0.2, 0.25) is 0 Å². The molecule has 0 spiro atoms. The van der Waals surface area contributed by atoms with Crippen LogP contribution >= 0.6 is 0 Å². The predicted molar refractivity (Wildman–Crippen MR) is 131 cm³/mol. The van der Waals surface area contributed by atoms with E-state index in [2.05, 4.69) is 12.1 Å². The van der Waals surface area contributed by atoms with Crippen molar-refractivity contribution < 1.29 is 19.1 Å². The molecule has 0 unspecified atom stereocenters. The second-order valence-electron chi connectivity index (χ2n) is 12.4. The molecule has 0 radical (unpaired) electrons. The topological polar surface area (TPSA) is 59.1 Å². The van der Waals surface area contributed by atoms with Crippen molar-refractivity contribution in [3.05, 3.63) is 29.8 Å². The van der Waals surface area contributed by atoms with Gasteiger partial charge < -0.3 is 19.3 Å². The molecule has 1 aliphatic heterocycles. The molecule has 1 aromatic rings. The van der Waals surface area contributed by atoms with Crippen LogP contribution in [0.4, 0.5) is 4.79 Å². The van der Waals surface area contributed by atoms with Gasteiger partial charge in [0.2, 0.25) is 0 Å². The SMILES string of the molecule is C[C@H]1CN(C(=O)OC(C)(C)C)CCN1C(=O)COc1ccc(C23CC4CC(CC(C4)C2)C3)cc1. The number of nitrogens with zero attached hydrogens (tertiary/aromatic N) is 2. The molecule has 4 saturated carbocycles. The molecule has 0 N–H and O–H groups in total. The number of hydrogen-bond donors (Lipinski definition) is 0. The Bertz CT molecular complexity index is 884. The number of piperazine rings is 1. The molecular formula is C28H40N2O4. The lowest BCUT2D eigenvalue weighted by molar-refractivity contribution is -0.137. The fourth-order valence-corrected chi connectivity index (χ4v) is 7.42. The van der Waals surface area contributed by atoms with Crippen LogP contribution in [0.25, 0.3) is 0 Å². The molecule has 4 bridgehead atoms. The highest BCUT2D eigenvalue weighted by atomic mass is 16.6. The van der Waals surface area contributed by atoms with E-state index in [0.29, 0.717) is 25.0 Å². The van der Waals surface area contributed by atoms with E-state index in [4.69, 9.17) is 9.47 Å². The standard InChI is InChI=1S/C28H40N2O4/c1-19-17-29(26(32)34-27(2,3)4)9-10-30(19)25(31)18-33-24-7-5-23(6-8-24)28-14-20-11-21(15-28)13-22(12-20)16-28/h5-8,19-22H,9-18H2,1-4H3/t19-,20?,21?,22?,28?/m0/s1. The second-order valence-corrected chi connectivity index (χ2v) is 12.4. The van der Waals surface area contributed by atoms with Gasteiger partial charge in [-0.2, -0.15) is 0 Å². The minimum Gasteiger partial charge on any atom is -0.484 e. The maximum Gasteiger partial charge on any atom is 0.410 e. The summed E-state index contributed by atoms with van der Waals surface area (Å²) in [6.45, 7) is 9.02. The van der Waals surface area contributed by atoms with Gasteiger partial charge in [0.1, 0.15) is 11.4 Å². The van der Waals surface area contributed by atoms with E-state index in [-0.39, 0.29) is 24.6 Å². The molecule has 186 valence electrons. The smallest absolute Gasteiger partial charge is 0.410 e. The lowest BCUT2D eigenvalue weighted by atomic mass is 9.48. The third-order valence-electron chi connectivity index (χ3n) is 8.47. The molecule has 0 aromatic heterocycles. The van der Waals surface area contributed by atoms with Gasteiger partial charge in [-0.25, -0.2) is 4.79 Å². The number of benzene rings is 1. The highest BCUT2D eigenvalue weighted by Crippen LogP contribution is 2.60. The number of ether oxygens (including phenoxy) is 2. The van der Waals surface area contributed by atoms with Crippen molar-refractivity contribution in [2.24, 2.45) is 17.8 Å². The van der Waals surface area contributed by atoms with Crippen molar-refractivity contribution in [3.8, 4) is 5.75 Å². The summed E-state index contributed by atoms with van der Waals surface area (Å²) in [7, 11) is 0. The average molecular weight is 469 g/mol. The second kappa shape index (κ2) is 8.76. The Morgan fingerprint density at radius 1 is 0.971 bits per heavy atom. The van der Waals surface area contributed by atoms with Crippen LogP contribution in [0, 0.1) is 17.8 Å². The van der Waals surface area contributed by atoms with Crippen molar-refractivity contribution in [1.29, 1.82) is 0 Å². The third-order valence-corrected chi connectivity index (χ3v) is 8.47. The van der Waals surface area contributed by atoms with Gasteiger partial charge in [0.05, 0.1) is 0 Å². The quantitative estimate of drug-likeness (QED) is 0.624. The lowest BCUT2D eigenvalue weighted by Crippen LogP contribution is -2.56. The molecule has 4 aliphatic carbocycles. The fourth-order valence-electron chi connectivity index (χ4n) is 7.42. The van der Waals surface area contributed by atoms with Gasteiger partial charge in [0, 0.05) is 25.7 Å². The van der Waals surface area contributed by atoms with Crippen molar-refractivity contribution in [2.75, 3.05) is 26.2 Å². The molecule has 6 rings (SSSR count). The predicted octanol–water partition coefficient (Wildman–Crippen LogP) is 5.00. The van der Waals surface area contributed by atoms with Crippen molar-refractivity contribution in [2.45, 2.75) is 83.3 Å². The van der Waals surface area contributed by atoms with Gasteiger partial charge in [0.15, 0.2) is 6.61 Å². The zero-order valence-electron chi connectivity index (χ0n) is 21.2. The first kappa shape index (κ1) is 23.5. The van der Waals surface area contributed by atoms with Gasteiger partial charge in [-0.1, -0.05) is 12.1 Å². The van der Waals surface area contributed by atoms with Gasteiger partial charge in [0.25, 0.3) is 5.91 Å². The number of carbonyl (C=O) groups excluding carboxylic acids is 2. The summed E-state index contributed by atoms with van der Waals surface area (Å²) in [5.41, 5.74) is 1.33. The fraction of sp³-hybridized carbons (Fsp3) is 0.714. The Balaban J connectivity index is 1.13. The molecule has 6 nitrogen and oxygen atoms in total. The Hall–Kier alpha value is -2.24. The minimum absolute atomic E-state index is 0.0213. The van der Waals surface area contributed by atoms with Crippen molar-refractivity contribution in [1.82, 2.24) is 9.80 Å². The van der Waals surface area contributed by atoms with E-state index in [1.165, 1.54) is 44.1 Å². The van der Waals surface area contributed by atoms with E-state index < -0.39 is 5.60 Å². The van der Waals surface area contributed by atoms with Crippen molar-refractivity contribution >= 4 is 12.0 Å². The molecule has 2 amide bonds. The van der Waals surface area contributed by atoms with Crippen LogP contribution in [0.15, 0.2) is 24.3 Å². The molecule has 1 heterocycles. The zero-order chi connectivity index (χ0) is 24.1. The van der Waals surface area contributed by atoms with E-state index in [9.17, 15) is 9.59 Å². The molecule has 1 aromatic carbocycles. The molecular weight excluding hydrogens is 428 g/mol. The Labute approximate surface area is 204 Å². The van der Waals surface area contributed by atoms with Gasteiger partial charge in [-0.3, -0.25) is 4.79 Å². The number of hydrogen-bond acceptors (Lipinski definition) is 4. The van der Waals surface area contributed by atoms with E-state index in [1.54, 1.807) is 4.90 Å². The first-order chi connectivity index (χ1) is 16.1. The molecule has 1 atom stereocenters. The van der Waals surface area contributed by atoms with Gasteiger partial charge in [-0.15, -0.1) is 0 Å². The molecule has 34 heavy (non-hydrogen) atoms. The normalized spacial score (nSPS) is 32.6. The molecule has 5 aliphatic rings. The summed E-state index contributed by atoms with van der Waals surface area (Å²) >= 11 is 0. The summed E-state index contributed by atoms with van der Waals surface area (Å²) in [5, 5.41) is 0. The number of carbonyl (C=O) groups is 2. The van der Waals surface area contributed by atoms with Gasteiger partial charge >= 0.3 is 6.09 Å². The maximum atomic E-state index is 12.8. The summed E-state index contributed by atoms with van der Waals surface area (Å²) in [6, 6.07) is 8.51. The van der Waals surface area contributed by atoms with Crippen LogP contribution in [-0.2, 0) is 14.9 Å². The third kappa shape index (κ3) is 4.78. The first-order valence-corrected chi connectivity index (χ1v) is 13.1. The zero-order valence-corrected chi connectivity index (χ0v) is 21.2. The summed E-state index contributed by atoms with van der Waals surface area (Å²) in [6.07, 6.45) is 8.09. The van der Waals surface area contributed by atoms with E-state index in [1.807, 2.05) is 44.7 Å². The van der Waals surface area contributed by atoms with Crippen LogP contribution in [-0.4, -0.2) is 59.7 Å². The van der Waals surface area contributed by atoms with Crippen LogP contribution in [0.5, 0.6) is 5.75 Å². The largest absolute Gasteiger partial charge is 0.484 e. The monoisotopic (exact) mass is 468 g/mol. The molecule has 5 fully saturated rings. The molecule has 6 heteroatoms. The highest BCUT2D eigenvalue weighted by molar-refractivity contribution is 5.78. The summed E-state index contributed by atoms with van der Waals surface area (Å²) in [5.74, 6) is 3.50. The maximum absolute atomic E-state index is 12.8. The number of rotatable bonds is 4. The lowest BCUT2D eigenvalue weighted by Gasteiger charge is -2.57. The van der Waals surface area contributed by atoms with Crippen molar-refractivity contribution in [3.63, 3.8) is 0 Å². The Kier molecular flexibility index (Phi) is 6.06. The molecule has 1 saturated heterocycles. The van der Waals surface area contributed by atoms with Crippen LogP contribution in [0.3, 0.4) is 0 Å². The first-order valence-electron chi connectivity index (χ1n) is 13.1. The summed E-state index contributed by atoms with van der Waals surface area (Å²) in [4.78, 5) is 28.7. The van der Waals surface area contributed by atoms with Gasteiger partial charge in [-0.05, 0) is 107 Å². The summed E-state index contributed by atoms with van der Waals surface area (Å²) < 4.78 is 11.4. The minimum atomic E-state index is -0.521.